The van der Waals surface area contributed by atoms with Gasteiger partial charge in [0, 0.05) is 17.7 Å². The van der Waals surface area contributed by atoms with Gasteiger partial charge in [-0.3, -0.25) is 0 Å². The molecule has 1 aliphatic heterocycles. The fraction of sp³-hybridized carbons (Fsp3) is 0.684. The van der Waals surface area contributed by atoms with E-state index < -0.39 is 11.6 Å². The fourth-order valence-electron chi connectivity index (χ4n) is 5.30. The van der Waals surface area contributed by atoms with Gasteiger partial charge in [0.15, 0.2) is 11.6 Å². The molecule has 2 nitrogen and oxygen atoms in total. The Morgan fingerprint density at radius 2 is 1.83 bits per heavy atom. The Morgan fingerprint density at radius 3 is 2.43 bits per heavy atom. The molecule has 0 N–H and O–H groups in total. The largest absolute Gasteiger partial charge is 0.493 e. The maximum Gasteiger partial charge on any atom is 0.168 e. The normalized spacial score (nSPS) is 31.7. The van der Waals surface area contributed by atoms with Crippen LogP contribution in [0.3, 0.4) is 0 Å². The van der Waals surface area contributed by atoms with Crippen LogP contribution in [0.4, 0.5) is 8.78 Å². The van der Waals surface area contributed by atoms with Gasteiger partial charge in [-0.25, -0.2) is 8.78 Å². The first-order valence-corrected chi connectivity index (χ1v) is 8.92. The zero-order valence-electron chi connectivity index (χ0n) is 13.7. The van der Waals surface area contributed by atoms with Crippen molar-refractivity contribution in [2.24, 2.45) is 11.8 Å². The van der Waals surface area contributed by atoms with Gasteiger partial charge in [-0.1, -0.05) is 6.42 Å². The minimum atomic E-state index is -0.585. The Morgan fingerprint density at radius 1 is 1.04 bits per heavy atom. The van der Waals surface area contributed by atoms with Gasteiger partial charge in [0.2, 0.25) is 0 Å². The predicted molar refractivity (Wildman–Crippen MR) is 85.7 cm³/mol. The third-order valence-corrected chi connectivity index (χ3v) is 6.38. The molecular formula is C19H25F2NO. The summed E-state index contributed by atoms with van der Waals surface area (Å²) >= 11 is 0. The zero-order chi connectivity index (χ0) is 16.0. The molecule has 0 aromatic heterocycles. The van der Waals surface area contributed by atoms with Crippen LogP contribution < -0.4 is 4.74 Å². The molecule has 4 heteroatoms. The van der Waals surface area contributed by atoms with E-state index in [1.54, 1.807) is 0 Å². The van der Waals surface area contributed by atoms with Gasteiger partial charge in [-0.15, -0.1) is 0 Å². The average molecular weight is 321 g/mol. The first-order chi connectivity index (χ1) is 11.2. The van der Waals surface area contributed by atoms with Crippen LogP contribution >= 0.6 is 0 Å². The average Bonchev–Trinajstić information content (AvgIpc) is 3.17. The second-order valence-corrected chi connectivity index (χ2v) is 7.56. The Balaban J connectivity index is 1.46. The van der Waals surface area contributed by atoms with Gasteiger partial charge < -0.3 is 9.64 Å². The Kier molecular flexibility index (Phi) is 4.04. The molecule has 1 aromatic rings. The molecule has 2 bridgehead atoms. The van der Waals surface area contributed by atoms with Crippen molar-refractivity contribution in [1.82, 2.24) is 4.90 Å². The van der Waals surface area contributed by atoms with Crippen LogP contribution in [0.5, 0.6) is 5.75 Å². The molecule has 3 atom stereocenters. The van der Waals surface area contributed by atoms with Crippen molar-refractivity contribution in [3.63, 3.8) is 0 Å². The molecule has 126 valence electrons. The van der Waals surface area contributed by atoms with Gasteiger partial charge >= 0.3 is 0 Å². The highest BCUT2D eigenvalue weighted by Crippen LogP contribution is 2.48. The fourth-order valence-corrected chi connectivity index (χ4v) is 5.30. The number of piperidine rings is 1. The lowest BCUT2D eigenvalue weighted by Gasteiger charge is -2.40. The predicted octanol–water partition coefficient (Wildman–Crippen LogP) is 4.34. The summed E-state index contributed by atoms with van der Waals surface area (Å²) in [6, 6.07) is 3.13. The lowest BCUT2D eigenvalue weighted by Crippen LogP contribution is -2.43. The van der Waals surface area contributed by atoms with Crippen LogP contribution in [0.25, 0.3) is 0 Å². The first-order valence-electron chi connectivity index (χ1n) is 8.92. The van der Waals surface area contributed by atoms with Crippen molar-refractivity contribution in [1.29, 1.82) is 0 Å². The van der Waals surface area contributed by atoms with Crippen molar-refractivity contribution in [3.05, 3.63) is 29.3 Å². The van der Waals surface area contributed by atoms with E-state index in [4.69, 9.17) is 4.74 Å². The van der Waals surface area contributed by atoms with Crippen LogP contribution in [-0.4, -0.2) is 31.1 Å². The quantitative estimate of drug-likeness (QED) is 0.821. The molecule has 3 fully saturated rings. The summed E-state index contributed by atoms with van der Waals surface area (Å²) in [6.07, 6.45) is 7.55. The van der Waals surface area contributed by atoms with Crippen LogP contribution in [0, 0.1) is 23.5 Å². The third-order valence-electron chi connectivity index (χ3n) is 6.38. The number of benzene rings is 1. The number of hydrogen-bond acceptors (Lipinski definition) is 2. The van der Waals surface area contributed by atoms with E-state index in [1.165, 1.54) is 38.9 Å². The molecule has 0 spiro atoms. The summed E-state index contributed by atoms with van der Waals surface area (Å²) in [5, 5.41) is 0. The number of nitrogens with zero attached hydrogens (tertiary/aromatic N) is 1. The van der Waals surface area contributed by atoms with Gasteiger partial charge in [-0.2, -0.15) is 0 Å². The van der Waals surface area contributed by atoms with Crippen molar-refractivity contribution in [2.45, 2.75) is 50.5 Å². The molecule has 2 aliphatic carbocycles. The second kappa shape index (κ2) is 6.04. The van der Waals surface area contributed by atoms with Crippen LogP contribution in [-0.2, 0) is 0 Å². The van der Waals surface area contributed by atoms with E-state index in [1.807, 2.05) is 0 Å². The Hall–Kier alpha value is -1.16. The van der Waals surface area contributed by atoms with Crippen molar-refractivity contribution in [2.75, 3.05) is 20.2 Å². The first kappa shape index (κ1) is 15.4. The summed E-state index contributed by atoms with van der Waals surface area (Å²) in [6.45, 7) is 2.08. The van der Waals surface area contributed by atoms with E-state index in [0.717, 1.165) is 49.9 Å². The molecule has 0 amide bonds. The summed E-state index contributed by atoms with van der Waals surface area (Å²) in [5.74, 6) is 1.19. The second-order valence-electron chi connectivity index (χ2n) is 7.56. The van der Waals surface area contributed by atoms with Crippen LogP contribution in [0.2, 0.25) is 0 Å². The number of methoxy groups -OCH3 is 1. The van der Waals surface area contributed by atoms with Crippen LogP contribution in [0.1, 0.15) is 50.0 Å². The number of hydrogen-bond donors (Lipinski definition) is 0. The molecule has 3 aliphatic rings. The zero-order valence-corrected chi connectivity index (χ0v) is 13.7. The van der Waals surface area contributed by atoms with Gasteiger partial charge in [-0.05, 0) is 69.0 Å². The number of likely N-dealkylation sites (tertiary alicyclic amines) is 1. The van der Waals surface area contributed by atoms with Gasteiger partial charge in [0.1, 0.15) is 5.82 Å². The van der Waals surface area contributed by atoms with Crippen molar-refractivity contribution < 1.29 is 13.5 Å². The lowest BCUT2D eigenvalue weighted by molar-refractivity contribution is 0.110. The molecule has 4 rings (SSSR count). The summed E-state index contributed by atoms with van der Waals surface area (Å²) in [5.41, 5.74) is 0.706. The minimum Gasteiger partial charge on any atom is -0.493 e. The maximum absolute atomic E-state index is 13.9. The highest BCUT2D eigenvalue weighted by atomic mass is 19.1. The smallest absolute Gasteiger partial charge is 0.168 e. The monoisotopic (exact) mass is 321 g/mol. The highest BCUT2D eigenvalue weighted by molar-refractivity contribution is 5.38. The molecule has 0 unspecified atom stereocenters. The summed E-state index contributed by atoms with van der Waals surface area (Å²) < 4.78 is 32.7. The lowest BCUT2D eigenvalue weighted by atomic mass is 9.86. The summed E-state index contributed by atoms with van der Waals surface area (Å²) in [7, 11) is 1.46. The SMILES string of the molecule is COc1c(F)cc(F)cc1C1CCN([C@@H]2C[C@H]3CC[C@@H]2C3)CC1. The van der Waals surface area contributed by atoms with E-state index in [0.29, 0.717) is 5.56 Å². The molecule has 1 heterocycles. The van der Waals surface area contributed by atoms with E-state index in [2.05, 4.69) is 4.90 Å². The molecule has 1 aromatic carbocycles. The molecule has 0 radical (unpaired) electrons. The molecule has 2 saturated carbocycles. The maximum atomic E-state index is 13.9. The van der Waals surface area contributed by atoms with Crippen LogP contribution in [0.15, 0.2) is 12.1 Å². The van der Waals surface area contributed by atoms with Crippen molar-refractivity contribution in [3.8, 4) is 5.75 Å². The van der Waals surface area contributed by atoms with E-state index >= 15 is 0 Å². The van der Waals surface area contributed by atoms with Gasteiger partial charge in [0.25, 0.3) is 0 Å². The number of fused-ring (bicyclic) bond motifs is 2. The molecule has 1 saturated heterocycles. The van der Waals surface area contributed by atoms with E-state index in [-0.39, 0.29) is 11.7 Å². The number of rotatable bonds is 3. The number of halogens is 2. The Labute approximate surface area is 136 Å². The topological polar surface area (TPSA) is 12.5 Å². The highest BCUT2D eigenvalue weighted by Gasteiger charge is 2.43. The molecular weight excluding hydrogens is 296 g/mol. The molecule has 23 heavy (non-hydrogen) atoms. The van der Waals surface area contributed by atoms with E-state index in [9.17, 15) is 8.78 Å². The Bertz CT molecular complexity index is 583. The standard InChI is InChI=1S/C19H25F2NO/c1-23-19-16(10-15(20)11-17(19)21)13-4-6-22(7-5-13)18-9-12-2-3-14(18)8-12/h10-14,18H,2-9H2,1H3/t12-,14+,18+/m0/s1. The number of ether oxygens (including phenoxy) is 1. The summed E-state index contributed by atoms with van der Waals surface area (Å²) in [4.78, 5) is 2.64. The van der Waals surface area contributed by atoms with Crippen molar-refractivity contribution >= 4 is 0 Å². The third kappa shape index (κ3) is 2.75. The minimum absolute atomic E-state index is 0.199. The van der Waals surface area contributed by atoms with Gasteiger partial charge in [0.05, 0.1) is 7.11 Å².